The van der Waals surface area contributed by atoms with E-state index in [9.17, 15) is 4.79 Å². The van der Waals surface area contributed by atoms with Crippen molar-refractivity contribution < 1.29 is 9.90 Å². The molecular weight excluding hydrogens is 288 g/mol. The van der Waals surface area contributed by atoms with E-state index >= 15 is 0 Å². The first-order valence-electron chi connectivity index (χ1n) is 7.82. The zero-order valence-electron chi connectivity index (χ0n) is 12.8. The number of hydrogen-bond donors (Lipinski definition) is 3. The smallest absolute Gasteiger partial charge is 0.251 e. The third-order valence-corrected chi connectivity index (χ3v) is 3.98. The zero-order valence-corrected chi connectivity index (χ0v) is 12.8. The number of rotatable bonds is 6. The second-order valence-corrected chi connectivity index (χ2v) is 5.58. The van der Waals surface area contributed by atoms with Crippen LogP contribution in [-0.2, 0) is 0 Å². The lowest BCUT2D eigenvalue weighted by Gasteiger charge is -2.19. The Morgan fingerprint density at radius 3 is 2.74 bits per heavy atom. The number of carbonyl (C=O) groups is 1. The number of carbonyl (C=O) groups excluding carboxylic acids is 1. The third-order valence-electron chi connectivity index (χ3n) is 3.98. The van der Waals surface area contributed by atoms with E-state index in [1.165, 1.54) is 0 Å². The molecule has 3 N–H and O–H groups in total. The summed E-state index contributed by atoms with van der Waals surface area (Å²) in [5.41, 5.74) is 2.63. The summed E-state index contributed by atoms with van der Waals surface area (Å²) < 4.78 is 0. The minimum absolute atomic E-state index is 0.102. The van der Waals surface area contributed by atoms with Gasteiger partial charge in [-0.3, -0.25) is 4.79 Å². The number of aromatic nitrogens is 1. The van der Waals surface area contributed by atoms with Crippen molar-refractivity contribution in [3.05, 3.63) is 71.9 Å². The van der Waals surface area contributed by atoms with E-state index in [4.69, 9.17) is 5.11 Å². The fourth-order valence-corrected chi connectivity index (χ4v) is 2.73. The monoisotopic (exact) mass is 308 g/mol. The van der Waals surface area contributed by atoms with Gasteiger partial charge in [-0.05, 0) is 42.0 Å². The fraction of sp³-hybridized carbons (Fsp3) is 0.211. The molecule has 0 spiro atoms. The van der Waals surface area contributed by atoms with E-state index in [2.05, 4.69) is 10.3 Å². The van der Waals surface area contributed by atoms with E-state index in [0.29, 0.717) is 18.4 Å². The van der Waals surface area contributed by atoms with Gasteiger partial charge >= 0.3 is 0 Å². The van der Waals surface area contributed by atoms with Crippen LogP contribution in [0.4, 0.5) is 0 Å². The van der Waals surface area contributed by atoms with Crippen molar-refractivity contribution in [2.24, 2.45) is 0 Å². The predicted octanol–water partition coefficient (Wildman–Crippen LogP) is 3.41. The molecule has 0 radical (unpaired) electrons. The van der Waals surface area contributed by atoms with Crippen molar-refractivity contribution in [3.8, 4) is 0 Å². The van der Waals surface area contributed by atoms with Crippen LogP contribution in [0.2, 0.25) is 0 Å². The lowest BCUT2D eigenvalue weighted by molar-refractivity contribution is 0.0932. The van der Waals surface area contributed by atoms with Crippen molar-refractivity contribution in [1.29, 1.82) is 0 Å². The molecule has 1 unspecified atom stereocenters. The first-order valence-corrected chi connectivity index (χ1v) is 7.82. The molecule has 0 aliphatic rings. The Labute approximate surface area is 135 Å². The number of hydrogen-bond acceptors (Lipinski definition) is 2. The average molecular weight is 308 g/mol. The number of benzene rings is 2. The summed E-state index contributed by atoms with van der Waals surface area (Å²) in [5, 5.41) is 13.3. The Kier molecular flexibility index (Phi) is 4.74. The van der Waals surface area contributed by atoms with Crippen molar-refractivity contribution >= 4 is 16.8 Å². The van der Waals surface area contributed by atoms with Gasteiger partial charge in [-0.25, -0.2) is 0 Å². The molecule has 4 nitrogen and oxygen atoms in total. The molecule has 3 rings (SSSR count). The summed E-state index contributed by atoms with van der Waals surface area (Å²) in [4.78, 5) is 15.7. The van der Waals surface area contributed by atoms with Crippen LogP contribution in [0.25, 0.3) is 10.9 Å². The van der Waals surface area contributed by atoms with Crippen LogP contribution >= 0.6 is 0 Å². The molecule has 1 atom stereocenters. The predicted molar refractivity (Wildman–Crippen MR) is 91.3 cm³/mol. The van der Waals surface area contributed by atoms with Gasteiger partial charge < -0.3 is 15.4 Å². The molecule has 0 bridgehead atoms. The molecule has 23 heavy (non-hydrogen) atoms. The Hall–Kier alpha value is -2.59. The minimum atomic E-state index is -0.103. The van der Waals surface area contributed by atoms with E-state index in [1.807, 2.05) is 60.8 Å². The SMILES string of the molecule is O=C(NC(CCCO)c1ccccc1)c1ccc2cc[nH]c2c1. The van der Waals surface area contributed by atoms with Gasteiger partial charge in [-0.2, -0.15) is 0 Å². The average Bonchev–Trinajstić information content (AvgIpc) is 3.06. The number of amides is 1. The fourth-order valence-electron chi connectivity index (χ4n) is 2.73. The van der Waals surface area contributed by atoms with Crippen LogP contribution in [0.1, 0.15) is 34.8 Å². The van der Waals surface area contributed by atoms with Crippen molar-refractivity contribution in [2.45, 2.75) is 18.9 Å². The second kappa shape index (κ2) is 7.11. The van der Waals surface area contributed by atoms with Gasteiger partial charge in [-0.1, -0.05) is 36.4 Å². The molecule has 2 aromatic carbocycles. The maximum Gasteiger partial charge on any atom is 0.251 e. The van der Waals surface area contributed by atoms with Crippen LogP contribution in [0.15, 0.2) is 60.8 Å². The van der Waals surface area contributed by atoms with Gasteiger partial charge in [0.1, 0.15) is 0 Å². The van der Waals surface area contributed by atoms with Gasteiger partial charge in [0.05, 0.1) is 6.04 Å². The Morgan fingerprint density at radius 2 is 1.96 bits per heavy atom. The Balaban J connectivity index is 1.79. The summed E-state index contributed by atoms with van der Waals surface area (Å²) >= 11 is 0. The quantitative estimate of drug-likeness (QED) is 0.653. The molecule has 3 aromatic rings. The van der Waals surface area contributed by atoms with Crippen molar-refractivity contribution in [2.75, 3.05) is 6.61 Å². The van der Waals surface area contributed by atoms with E-state index in [0.717, 1.165) is 16.5 Å². The minimum Gasteiger partial charge on any atom is -0.396 e. The number of aromatic amines is 1. The maximum atomic E-state index is 12.6. The molecule has 1 amide bonds. The summed E-state index contributed by atoms with van der Waals surface area (Å²) in [5.74, 6) is -0.103. The highest BCUT2D eigenvalue weighted by atomic mass is 16.3. The molecule has 0 aliphatic carbocycles. The molecule has 0 saturated carbocycles. The second-order valence-electron chi connectivity index (χ2n) is 5.58. The topological polar surface area (TPSA) is 65.1 Å². The lowest BCUT2D eigenvalue weighted by atomic mass is 10.0. The Bertz CT molecular complexity index is 780. The molecular formula is C19H20N2O2. The molecule has 1 aromatic heterocycles. The third kappa shape index (κ3) is 3.60. The largest absolute Gasteiger partial charge is 0.396 e. The van der Waals surface area contributed by atoms with Gasteiger partial charge in [0.2, 0.25) is 0 Å². The first-order chi connectivity index (χ1) is 11.3. The molecule has 4 heteroatoms. The summed E-state index contributed by atoms with van der Waals surface area (Å²) in [7, 11) is 0. The Morgan fingerprint density at radius 1 is 1.13 bits per heavy atom. The van der Waals surface area contributed by atoms with Crippen LogP contribution in [0, 0.1) is 0 Å². The van der Waals surface area contributed by atoms with E-state index in [1.54, 1.807) is 0 Å². The zero-order chi connectivity index (χ0) is 16.1. The van der Waals surface area contributed by atoms with Crippen LogP contribution in [-0.4, -0.2) is 22.6 Å². The highest BCUT2D eigenvalue weighted by Crippen LogP contribution is 2.20. The van der Waals surface area contributed by atoms with Gasteiger partial charge in [-0.15, -0.1) is 0 Å². The van der Waals surface area contributed by atoms with Crippen LogP contribution < -0.4 is 5.32 Å². The number of aliphatic hydroxyl groups is 1. The van der Waals surface area contributed by atoms with E-state index < -0.39 is 0 Å². The molecule has 0 saturated heterocycles. The van der Waals surface area contributed by atoms with Gasteiger partial charge in [0.25, 0.3) is 5.91 Å². The summed E-state index contributed by atoms with van der Waals surface area (Å²) in [6.45, 7) is 0.119. The van der Waals surface area contributed by atoms with Crippen LogP contribution in [0.3, 0.4) is 0 Å². The number of fused-ring (bicyclic) bond motifs is 1. The number of H-pyrrole nitrogens is 1. The number of aliphatic hydroxyl groups excluding tert-OH is 1. The molecule has 1 heterocycles. The highest BCUT2D eigenvalue weighted by molar-refractivity contribution is 5.98. The normalized spacial score (nSPS) is 12.2. The summed E-state index contributed by atoms with van der Waals surface area (Å²) in [6, 6.07) is 17.4. The standard InChI is InChI=1S/C19H20N2O2/c22-12-4-7-17(14-5-2-1-3-6-14)21-19(23)16-9-8-15-10-11-20-18(15)13-16/h1-3,5-6,8-11,13,17,20,22H,4,7,12H2,(H,21,23). The molecule has 0 aliphatic heterocycles. The molecule has 0 fully saturated rings. The number of nitrogens with one attached hydrogen (secondary N) is 2. The highest BCUT2D eigenvalue weighted by Gasteiger charge is 2.15. The maximum absolute atomic E-state index is 12.6. The first kappa shape index (κ1) is 15.3. The van der Waals surface area contributed by atoms with Crippen LogP contribution in [0.5, 0.6) is 0 Å². The van der Waals surface area contributed by atoms with E-state index in [-0.39, 0.29) is 18.6 Å². The molecule has 118 valence electrons. The van der Waals surface area contributed by atoms with Crippen molar-refractivity contribution in [1.82, 2.24) is 10.3 Å². The lowest BCUT2D eigenvalue weighted by Crippen LogP contribution is -2.28. The van der Waals surface area contributed by atoms with Gasteiger partial charge in [0.15, 0.2) is 0 Å². The van der Waals surface area contributed by atoms with Gasteiger partial charge in [0, 0.05) is 23.9 Å². The van der Waals surface area contributed by atoms with Crippen molar-refractivity contribution in [3.63, 3.8) is 0 Å². The summed E-state index contributed by atoms with van der Waals surface area (Å²) in [6.07, 6.45) is 3.22.